The zero-order valence-corrected chi connectivity index (χ0v) is 16.0. The van der Waals surface area contributed by atoms with Crippen molar-refractivity contribution in [3.05, 3.63) is 54.1 Å². The second-order valence-corrected chi connectivity index (χ2v) is 7.39. The SMILES string of the molecule is OC1(Cn2nnc(-c3ccccc3Nc3ccc(C(F)(F)F)cc3)n2)CCCNC1. The van der Waals surface area contributed by atoms with Crippen molar-refractivity contribution in [1.29, 1.82) is 0 Å². The third-order valence-electron chi connectivity index (χ3n) is 5.00. The molecular formula is C20H21F3N6O. The van der Waals surface area contributed by atoms with Crippen molar-refractivity contribution >= 4 is 11.4 Å². The molecule has 0 bridgehead atoms. The summed E-state index contributed by atoms with van der Waals surface area (Å²) in [6.45, 7) is 1.57. The van der Waals surface area contributed by atoms with Crippen LogP contribution in [-0.2, 0) is 12.7 Å². The maximum atomic E-state index is 12.8. The van der Waals surface area contributed by atoms with Gasteiger partial charge in [-0.1, -0.05) is 12.1 Å². The lowest BCUT2D eigenvalue weighted by Gasteiger charge is -2.31. The Kier molecular flexibility index (Phi) is 5.44. The van der Waals surface area contributed by atoms with Gasteiger partial charge < -0.3 is 15.7 Å². The number of halogens is 3. The highest BCUT2D eigenvalue weighted by atomic mass is 19.4. The van der Waals surface area contributed by atoms with E-state index in [4.69, 9.17) is 0 Å². The van der Waals surface area contributed by atoms with E-state index in [0.717, 1.165) is 25.1 Å². The van der Waals surface area contributed by atoms with Crippen molar-refractivity contribution in [2.24, 2.45) is 0 Å². The molecule has 0 radical (unpaired) electrons. The smallest absolute Gasteiger partial charge is 0.387 e. The molecule has 3 N–H and O–H groups in total. The van der Waals surface area contributed by atoms with Crippen LogP contribution in [0.3, 0.4) is 0 Å². The molecule has 7 nitrogen and oxygen atoms in total. The summed E-state index contributed by atoms with van der Waals surface area (Å²) < 4.78 is 38.3. The molecule has 1 atom stereocenters. The van der Waals surface area contributed by atoms with E-state index in [1.54, 1.807) is 18.2 Å². The Bertz CT molecular complexity index is 996. The average Bonchev–Trinajstić information content (AvgIpc) is 3.16. The molecular weight excluding hydrogens is 397 g/mol. The number of anilines is 2. The molecule has 30 heavy (non-hydrogen) atoms. The van der Waals surface area contributed by atoms with Gasteiger partial charge in [-0.3, -0.25) is 0 Å². The van der Waals surface area contributed by atoms with Crippen molar-refractivity contribution in [2.45, 2.75) is 31.2 Å². The topological polar surface area (TPSA) is 87.9 Å². The molecule has 0 spiro atoms. The van der Waals surface area contributed by atoms with Crippen LogP contribution in [0.1, 0.15) is 18.4 Å². The van der Waals surface area contributed by atoms with Gasteiger partial charge in [0.1, 0.15) is 0 Å². The second kappa shape index (κ2) is 8.04. The lowest BCUT2D eigenvalue weighted by atomic mass is 9.94. The first-order valence-electron chi connectivity index (χ1n) is 9.57. The predicted molar refractivity (Wildman–Crippen MR) is 105 cm³/mol. The molecule has 1 aliphatic rings. The Morgan fingerprint density at radius 3 is 2.60 bits per heavy atom. The number of hydrogen-bond donors (Lipinski definition) is 3. The Balaban J connectivity index is 1.53. The monoisotopic (exact) mass is 418 g/mol. The van der Waals surface area contributed by atoms with Gasteiger partial charge in [0, 0.05) is 23.5 Å². The first-order chi connectivity index (χ1) is 14.3. The number of nitrogens with zero attached hydrogens (tertiary/aromatic N) is 4. The first-order valence-corrected chi connectivity index (χ1v) is 9.57. The summed E-state index contributed by atoms with van der Waals surface area (Å²) in [4.78, 5) is 1.37. The van der Waals surface area contributed by atoms with E-state index in [9.17, 15) is 18.3 Å². The van der Waals surface area contributed by atoms with E-state index in [-0.39, 0.29) is 6.54 Å². The zero-order valence-electron chi connectivity index (χ0n) is 16.0. The van der Waals surface area contributed by atoms with Crippen molar-refractivity contribution in [1.82, 2.24) is 25.5 Å². The normalized spacial score (nSPS) is 19.6. The highest BCUT2D eigenvalue weighted by Gasteiger charge is 2.31. The van der Waals surface area contributed by atoms with Crippen LogP contribution < -0.4 is 10.6 Å². The van der Waals surface area contributed by atoms with E-state index in [2.05, 4.69) is 26.0 Å². The number of alkyl halides is 3. The molecule has 1 aromatic heterocycles. The average molecular weight is 418 g/mol. The van der Waals surface area contributed by atoms with E-state index < -0.39 is 17.3 Å². The molecule has 0 aliphatic carbocycles. The fraction of sp³-hybridized carbons (Fsp3) is 0.350. The van der Waals surface area contributed by atoms with Crippen LogP contribution in [0.25, 0.3) is 11.4 Å². The van der Waals surface area contributed by atoms with Crippen LogP contribution in [0, 0.1) is 0 Å². The lowest BCUT2D eigenvalue weighted by molar-refractivity contribution is -0.137. The molecule has 1 fully saturated rings. The second-order valence-electron chi connectivity index (χ2n) is 7.39. The van der Waals surface area contributed by atoms with E-state index >= 15 is 0 Å². The molecule has 1 saturated heterocycles. The number of rotatable bonds is 5. The number of piperidine rings is 1. The van der Waals surface area contributed by atoms with Gasteiger partial charge in [-0.05, 0) is 61.0 Å². The number of aliphatic hydroxyl groups is 1. The molecule has 10 heteroatoms. The van der Waals surface area contributed by atoms with E-state index in [1.165, 1.54) is 16.9 Å². The Morgan fingerprint density at radius 2 is 1.90 bits per heavy atom. The largest absolute Gasteiger partial charge is 0.416 e. The van der Waals surface area contributed by atoms with Crippen molar-refractivity contribution in [3.8, 4) is 11.4 Å². The molecule has 1 unspecified atom stereocenters. The third kappa shape index (κ3) is 4.60. The van der Waals surface area contributed by atoms with Crippen molar-refractivity contribution < 1.29 is 18.3 Å². The van der Waals surface area contributed by atoms with Gasteiger partial charge in [-0.2, -0.15) is 18.0 Å². The van der Waals surface area contributed by atoms with Gasteiger partial charge in [-0.15, -0.1) is 10.2 Å². The summed E-state index contributed by atoms with van der Waals surface area (Å²) >= 11 is 0. The summed E-state index contributed by atoms with van der Waals surface area (Å²) in [5.74, 6) is 0.359. The number of para-hydroxylation sites is 1. The molecule has 0 saturated carbocycles. The maximum Gasteiger partial charge on any atom is 0.416 e. The third-order valence-corrected chi connectivity index (χ3v) is 5.00. The number of aromatic nitrogens is 4. The van der Waals surface area contributed by atoms with Crippen molar-refractivity contribution in [3.63, 3.8) is 0 Å². The summed E-state index contributed by atoms with van der Waals surface area (Å²) in [5.41, 5.74) is 0.160. The standard InChI is InChI=1S/C20H21F3N6O/c21-20(22,23)14-6-8-15(9-7-14)25-17-5-2-1-4-16(17)18-26-28-29(27-18)13-19(30)10-3-11-24-12-19/h1-2,4-9,24-25,30H,3,10-13H2. The predicted octanol–water partition coefficient (Wildman–Crippen LogP) is 3.22. The van der Waals surface area contributed by atoms with Gasteiger partial charge >= 0.3 is 6.18 Å². The van der Waals surface area contributed by atoms with Gasteiger partial charge in [0.05, 0.1) is 17.7 Å². The summed E-state index contributed by atoms with van der Waals surface area (Å²) in [6, 6.07) is 12.0. The fourth-order valence-electron chi connectivity index (χ4n) is 3.45. The minimum absolute atomic E-state index is 0.224. The summed E-state index contributed by atoms with van der Waals surface area (Å²) in [6.07, 6.45) is -2.85. The fourth-order valence-corrected chi connectivity index (χ4v) is 3.45. The Morgan fingerprint density at radius 1 is 1.13 bits per heavy atom. The molecule has 1 aliphatic heterocycles. The molecule has 4 rings (SSSR count). The number of nitrogens with one attached hydrogen (secondary N) is 2. The number of β-amino-alcohol motifs (C(OH)–C–C–N with tert-alkyl or cyclic N) is 1. The van der Waals surface area contributed by atoms with Crippen LogP contribution in [0.4, 0.5) is 24.5 Å². The Hall–Kier alpha value is -2.98. The molecule has 3 aromatic rings. The van der Waals surface area contributed by atoms with Crippen LogP contribution in [0.2, 0.25) is 0 Å². The van der Waals surface area contributed by atoms with E-state index in [0.29, 0.717) is 35.7 Å². The number of tetrazole rings is 1. The van der Waals surface area contributed by atoms with Gasteiger partial charge in [0.2, 0.25) is 5.82 Å². The summed E-state index contributed by atoms with van der Waals surface area (Å²) in [7, 11) is 0. The lowest BCUT2D eigenvalue weighted by Crippen LogP contribution is -2.48. The highest BCUT2D eigenvalue weighted by molar-refractivity contribution is 5.77. The molecule has 0 amide bonds. The molecule has 2 heterocycles. The minimum atomic E-state index is -4.38. The molecule has 158 valence electrons. The summed E-state index contributed by atoms with van der Waals surface area (Å²) in [5, 5.41) is 29.5. The first kappa shape index (κ1) is 20.3. The van der Waals surface area contributed by atoms with Crippen molar-refractivity contribution in [2.75, 3.05) is 18.4 Å². The zero-order chi connectivity index (χ0) is 21.2. The van der Waals surface area contributed by atoms with E-state index in [1.807, 2.05) is 6.07 Å². The highest BCUT2D eigenvalue weighted by Crippen LogP contribution is 2.32. The van der Waals surface area contributed by atoms with Gasteiger partial charge in [0.15, 0.2) is 0 Å². The quantitative estimate of drug-likeness (QED) is 0.590. The Labute approximate surface area is 170 Å². The van der Waals surface area contributed by atoms with Crippen LogP contribution >= 0.6 is 0 Å². The maximum absolute atomic E-state index is 12.8. The van der Waals surface area contributed by atoms with Crippen LogP contribution in [0.5, 0.6) is 0 Å². The minimum Gasteiger partial charge on any atom is -0.387 e. The van der Waals surface area contributed by atoms with Gasteiger partial charge in [-0.25, -0.2) is 0 Å². The van der Waals surface area contributed by atoms with Crippen LogP contribution in [0.15, 0.2) is 48.5 Å². The molecule has 2 aromatic carbocycles. The van der Waals surface area contributed by atoms with Crippen LogP contribution in [-0.4, -0.2) is 44.0 Å². The number of benzene rings is 2. The van der Waals surface area contributed by atoms with Gasteiger partial charge in [0.25, 0.3) is 0 Å². The number of hydrogen-bond acceptors (Lipinski definition) is 6.